The van der Waals surface area contributed by atoms with Gasteiger partial charge in [0.05, 0.1) is 24.9 Å². The summed E-state index contributed by atoms with van der Waals surface area (Å²) in [6.07, 6.45) is 0. The molecule has 0 radical (unpaired) electrons. The Balaban J connectivity index is 1.58. The highest BCUT2D eigenvalue weighted by molar-refractivity contribution is 9.10. The van der Waals surface area contributed by atoms with Gasteiger partial charge in [-0.2, -0.15) is 0 Å². The predicted molar refractivity (Wildman–Crippen MR) is 126 cm³/mol. The summed E-state index contributed by atoms with van der Waals surface area (Å²) < 4.78 is 37.2. The third kappa shape index (κ3) is 5.74. The summed E-state index contributed by atoms with van der Waals surface area (Å²) in [7, 11) is -1.12. The first-order valence-corrected chi connectivity index (χ1v) is 12.8. The summed E-state index contributed by atoms with van der Waals surface area (Å²) >= 11 is 4.48. The van der Waals surface area contributed by atoms with Crippen molar-refractivity contribution < 1.29 is 27.5 Å². The maximum atomic E-state index is 13.0. The second kappa shape index (κ2) is 10.6. The minimum atomic E-state index is -3.97. The minimum absolute atomic E-state index is 0.0444. The smallest absolute Gasteiger partial charge is 0.241 e. The average molecular weight is 544 g/mol. The van der Waals surface area contributed by atoms with Crippen molar-refractivity contribution in [2.75, 3.05) is 31.8 Å². The Kier molecular flexibility index (Phi) is 8.04. The molecule has 3 rings (SSSR count). The van der Waals surface area contributed by atoms with Crippen LogP contribution in [0.4, 0.5) is 5.69 Å². The molecule has 2 aromatic carbocycles. The molecule has 9 nitrogen and oxygen atoms in total. The van der Waals surface area contributed by atoms with Crippen LogP contribution in [0, 0.1) is 0 Å². The Hall–Kier alpha value is -2.28. The summed E-state index contributed by atoms with van der Waals surface area (Å²) in [5, 5.41) is 7.02. The van der Waals surface area contributed by atoms with E-state index in [1.54, 1.807) is 12.1 Å². The standard InChI is InChI=1S/C20H22BrN3O6S2/c1-29-15-8-7-14(9-16(15)30-2)32(27,28)17-10-22-20(24-19(17)26)31-11-18(25)23-13-5-3-12(21)4-6-13/h3-9,17,20,22H,10-11H2,1-2H3,(H,23,25)(H,24,26). The van der Waals surface area contributed by atoms with Crippen molar-refractivity contribution in [2.45, 2.75) is 15.6 Å². The molecule has 1 heterocycles. The Morgan fingerprint density at radius 2 is 1.84 bits per heavy atom. The molecule has 2 aromatic rings. The van der Waals surface area contributed by atoms with Gasteiger partial charge in [0.2, 0.25) is 11.8 Å². The van der Waals surface area contributed by atoms with E-state index in [0.717, 1.165) is 16.2 Å². The maximum Gasteiger partial charge on any atom is 0.241 e. The highest BCUT2D eigenvalue weighted by Crippen LogP contribution is 2.31. The first-order chi connectivity index (χ1) is 15.2. The number of nitrogens with one attached hydrogen (secondary N) is 3. The SMILES string of the molecule is COc1ccc(S(=O)(=O)C2CNC(SCC(=O)Nc3ccc(Br)cc3)NC2=O)cc1OC. The predicted octanol–water partition coefficient (Wildman–Crippen LogP) is 1.98. The zero-order valence-corrected chi connectivity index (χ0v) is 20.5. The van der Waals surface area contributed by atoms with Crippen LogP contribution in [0.5, 0.6) is 11.5 Å². The molecule has 1 aliphatic heterocycles. The van der Waals surface area contributed by atoms with Gasteiger partial charge in [0, 0.05) is 22.8 Å². The molecule has 0 aromatic heterocycles. The number of hydrogen-bond acceptors (Lipinski definition) is 8. The molecule has 0 aliphatic carbocycles. The topological polar surface area (TPSA) is 123 Å². The average Bonchev–Trinajstić information content (AvgIpc) is 2.78. The molecule has 1 aliphatic rings. The zero-order chi connectivity index (χ0) is 23.3. The number of rotatable bonds is 8. The number of hydrogen-bond donors (Lipinski definition) is 3. The fourth-order valence-electron chi connectivity index (χ4n) is 2.98. The van der Waals surface area contributed by atoms with E-state index in [2.05, 4.69) is 31.9 Å². The Labute approximate surface area is 198 Å². The number of sulfone groups is 1. The minimum Gasteiger partial charge on any atom is -0.493 e. The lowest BCUT2D eigenvalue weighted by atomic mass is 10.3. The molecule has 0 spiro atoms. The van der Waals surface area contributed by atoms with Gasteiger partial charge in [-0.15, -0.1) is 11.8 Å². The van der Waals surface area contributed by atoms with E-state index < -0.39 is 26.5 Å². The fourth-order valence-corrected chi connectivity index (χ4v) is 5.57. The van der Waals surface area contributed by atoms with Gasteiger partial charge in [-0.25, -0.2) is 8.42 Å². The van der Waals surface area contributed by atoms with Crippen molar-refractivity contribution in [2.24, 2.45) is 0 Å². The lowest BCUT2D eigenvalue weighted by Crippen LogP contribution is -2.59. The van der Waals surface area contributed by atoms with Gasteiger partial charge in [0.15, 0.2) is 26.6 Å². The van der Waals surface area contributed by atoms with E-state index in [1.807, 2.05) is 12.1 Å². The first-order valence-electron chi connectivity index (χ1n) is 9.41. The van der Waals surface area contributed by atoms with Gasteiger partial charge < -0.3 is 20.1 Å². The summed E-state index contributed by atoms with van der Waals surface area (Å²) in [6, 6.07) is 11.3. The van der Waals surface area contributed by atoms with Crippen LogP contribution in [-0.2, 0) is 19.4 Å². The highest BCUT2D eigenvalue weighted by atomic mass is 79.9. The van der Waals surface area contributed by atoms with Crippen molar-refractivity contribution in [3.8, 4) is 11.5 Å². The molecule has 32 heavy (non-hydrogen) atoms. The van der Waals surface area contributed by atoms with Gasteiger partial charge in [-0.05, 0) is 36.4 Å². The molecule has 2 unspecified atom stereocenters. The van der Waals surface area contributed by atoms with Gasteiger partial charge in [0.25, 0.3) is 0 Å². The van der Waals surface area contributed by atoms with Crippen LogP contribution in [0.1, 0.15) is 0 Å². The van der Waals surface area contributed by atoms with Crippen LogP contribution in [-0.4, -0.2) is 57.5 Å². The number of benzene rings is 2. The molecular formula is C20H22BrN3O6S2. The van der Waals surface area contributed by atoms with Gasteiger partial charge in [0.1, 0.15) is 5.50 Å². The number of ether oxygens (including phenoxy) is 2. The van der Waals surface area contributed by atoms with E-state index >= 15 is 0 Å². The van der Waals surface area contributed by atoms with Gasteiger partial charge in [-0.1, -0.05) is 15.9 Å². The summed E-state index contributed by atoms with van der Waals surface area (Å²) in [5.74, 6) is -0.169. The van der Waals surface area contributed by atoms with Crippen LogP contribution >= 0.6 is 27.7 Å². The maximum absolute atomic E-state index is 13.0. The van der Waals surface area contributed by atoms with Gasteiger partial charge in [-0.3, -0.25) is 14.9 Å². The normalized spacial score (nSPS) is 18.5. The lowest BCUT2D eigenvalue weighted by molar-refractivity contribution is -0.122. The van der Waals surface area contributed by atoms with Crippen molar-refractivity contribution in [1.29, 1.82) is 0 Å². The van der Waals surface area contributed by atoms with Crippen molar-refractivity contribution in [1.82, 2.24) is 10.6 Å². The quantitative estimate of drug-likeness (QED) is 0.461. The van der Waals surface area contributed by atoms with Crippen LogP contribution < -0.4 is 25.4 Å². The third-order valence-electron chi connectivity index (χ3n) is 4.62. The lowest BCUT2D eigenvalue weighted by Gasteiger charge is -2.29. The molecule has 3 N–H and O–H groups in total. The van der Waals surface area contributed by atoms with E-state index in [4.69, 9.17) is 9.47 Å². The number of thioether (sulfide) groups is 1. The van der Waals surface area contributed by atoms with Crippen molar-refractivity contribution in [3.63, 3.8) is 0 Å². The second-order valence-corrected chi connectivity index (χ2v) is 10.9. The monoisotopic (exact) mass is 543 g/mol. The Bertz CT molecular complexity index is 1100. The molecule has 2 atom stereocenters. The molecule has 172 valence electrons. The summed E-state index contributed by atoms with van der Waals surface area (Å²) in [6.45, 7) is -0.0888. The number of halogens is 1. The summed E-state index contributed by atoms with van der Waals surface area (Å²) in [4.78, 5) is 24.7. The number of carbonyl (C=O) groups excluding carboxylic acids is 2. The van der Waals surface area contributed by atoms with E-state index in [1.165, 1.54) is 32.4 Å². The van der Waals surface area contributed by atoms with E-state index in [9.17, 15) is 18.0 Å². The van der Waals surface area contributed by atoms with Crippen molar-refractivity contribution >= 4 is 55.0 Å². The zero-order valence-electron chi connectivity index (χ0n) is 17.3. The van der Waals surface area contributed by atoms with Crippen molar-refractivity contribution in [3.05, 3.63) is 46.9 Å². The Morgan fingerprint density at radius 3 is 2.47 bits per heavy atom. The molecule has 0 bridgehead atoms. The third-order valence-corrected chi connectivity index (χ3v) is 8.24. The number of anilines is 1. The number of carbonyl (C=O) groups is 2. The molecule has 2 amide bonds. The molecule has 12 heteroatoms. The first kappa shape index (κ1) is 24.4. The van der Waals surface area contributed by atoms with Gasteiger partial charge >= 0.3 is 0 Å². The largest absolute Gasteiger partial charge is 0.493 e. The summed E-state index contributed by atoms with van der Waals surface area (Å²) in [5.41, 5.74) is 0.0653. The molecular weight excluding hydrogens is 522 g/mol. The van der Waals surface area contributed by atoms with E-state index in [-0.39, 0.29) is 28.8 Å². The second-order valence-electron chi connectivity index (χ2n) is 6.71. The van der Waals surface area contributed by atoms with E-state index in [0.29, 0.717) is 11.4 Å². The van der Waals surface area contributed by atoms with Crippen LogP contribution in [0.3, 0.4) is 0 Å². The van der Waals surface area contributed by atoms with Crippen LogP contribution in [0.15, 0.2) is 51.8 Å². The van der Waals surface area contributed by atoms with Crippen LogP contribution in [0.25, 0.3) is 0 Å². The fraction of sp³-hybridized carbons (Fsp3) is 0.300. The molecule has 0 saturated carbocycles. The number of methoxy groups -OCH3 is 2. The Morgan fingerprint density at radius 1 is 1.16 bits per heavy atom. The highest BCUT2D eigenvalue weighted by Gasteiger charge is 2.39. The molecule has 1 fully saturated rings. The number of amides is 2. The molecule has 1 saturated heterocycles. The van der Waals surface area contributed by atoms with Crippen LogP contribution in [0.2, 0.25) is 0 Å².